The zero-order valence-corrected chi connectivity index (χ0v) is 22.0. The zero-order chi connectivity index (χ0) is 23.3. The maximum Gasteiger partial charge on any atom is 0.127 e. The summed E-state index contributed by atoms with van der Waals surface area (Å²) in [6.07, 6.45) is 11.9. The highest BCUT2D eigenvalue weighted by atomic mass is 16.5. The molecule has 0 radical (unpaired) electrons. The number of hydrogen-bond donors (Lipinski definition) is 1. The van der Waals surface area contributed by atoms with Crippen LogP contribution in [0.25, 0.3) is 0 Å². The fourth-order valence-corrected chi connectivity index (χ4v) is 5.46. The van der Waals surface area contributed by atoms with E-state index in [0.717, 1.165) is 46.6 Å². The van der Waals surface area contributed by atoms with E-state index < -0.39 is 0 Å². The number of phenols is 1. The third kappa shape index (κ3) is 6.42. The van der Waals surface area contributed by atoms with Crippen molar-refractivity contribution >= 4 is 0 Å². The van der Waals surface area contributed by atoms with E-state index in [1.807, 2.05) is 13.8 Å². The van der Waals surface area contributed by atoms with Crippen molar-refractivity contribution in [3.8, 4) is 11.5 Å². The van der Waals surface area contributed by atoms with Crippen molar-refractivity contribution < 1.29 is 9.84 Å². The minimum Gasteiger partial charge on any atom is -0.507 e. The summed E-state index contributed by atoms with van der Waals surface area (Å²) in [5.41, 5.74) is 4.13. The van der Waals surface area contributed by atoms with Gasteiger partial charge in [-0.2, -0.15) is 0 Å². The monoisotopic (exact) mass is 430 g/mol. The van der Waals surface area contributed by atoms with Crippen LogP contribution < -0.4 is 4.74 Å². The lowest BCUT2D eigenvalue weighted by atomic mass is 9.80. The summed E-state index contributed by atoms with van der Waals surface area (Å²) >= 11 is 0. The molecular weight excluding hydrogens is 380 g/mol. The first-order valence-electron chi connectivity index (χ1n) is 13.0. The predicted molar refractivity (Wildman–Crippen MR) is 134 cm³/mol. The molecular formula is C29H50O2. The summed E-state index contributed by atoms with van der Waals surface area (Å²) in [6.45, 7) is 20.2. The molecule has 1 aromatic rings. The van der Waals surface area contributed by atoms with Gasteiger partial charge >= 0.3 is 0 Å². The Morgan fingerprint density at radius 3 is 1.87 bits per heavy atom. The van der Waals surface area contributed by atoms with Crippen molar-refractivity contribution in [1.82, 2.24) is 0 Å². The molecule has 4 atom stereocenters. The van der Waals surface area contributed by atoms with Gasteiger partial charge in [0, 0.05) is 11.5 Å². The fraction of sp³-hybridized carbons (Fsp3) is 0.793. The Bertz CT molecular complexity index is 720. The maximum atomic E-state index is 10.5. The third-order valence-electron chi connectivity index (χ3n) is 8.19. The predicted octanol–water partition coefficient (Wildman–Crippen LogP) is 9.01. The van der Waals surface area contributed by atoms with E-state index in [4.69, 9.17) is 4.74 Å². The quantitative estimate of drug-likeness (QED) is 0.358. The largest absolute Gasteiger partial charge is 0.507 e. The summed E-state index contributed by atoms with van der Waals surface area (Å²) in [4.78, 5) is 0. The van der Waals surface area contributed by atoms with Gasteiger partial charge in [0.15, 0.2) is 0 Å². The molecule has 0 saturated carbocycles. The van der Waals surface area contributed by atoms with E-state index in [-0.39, 0.29) is 5.60 Å². The van der Waals surface area contributed by atoms with Crippen LogP contribution in [0.5, 0.6) is 11.5 Å². The van der Waals surface area contributed by atoms with Gasteiger partial charge in [-0.05, 0) is 75.0 Å². The number of phenolic OH excluding ortho intramolecular Hbond substituents is 1. The lowest BCUT2D eigenvalue weighted by molar-refractivity contribution is 0.0786. The second-order valence-electron chi connectivity index (χ2n) is 11.5. The molecule has 178 valence electrons. The number of rotatable bonds is 12. The van der Waals surface area contributed by atoms with Crippen LogP contribution in [0, 0.1) is 38.5 Å². The van der Waals surface area contributed by atoms with Crippen molar-refractivity contribution in [3.63, 3.8) is 0 Å². The van der Waals surface area contributed by atoms with Crippen LogP contribution in [-0.2, 0) is 0 Å². The molecule has 1 aliphatic rings. The fourth-order valence-electron chi connectivity index (χ4n) is 5.46. The summed E-state index contributed by atoms with van der Waals surface area (Å²) in [5, 5.41) is 10.5. The highest BCUT2D eigenvalue weighted by Gasteiger charge is 2.44. The standard InChI is InChI=1S/C29H50O2/c1-19(2)13-10-14-20(3)15-11-16-21(4)17-12-18-29(9)25(8)26-24(7)27(30)22(5)23(6)28(26)31-29/h19-21,25,30H,10-18H2,1-9H3/t20-,21-,25-,29-/m0/s1. The molecule has 0 bridgehead atoms. The average Bonchev–Trinajstić information content (AvgIpc) is 2.96. The minimum absolute atomic E-state index is 0.164. The molecule has 1 heterocycles. The van der Waals surface area contributed by atoms with E-state index in [2.05, 4.69) is 48.5 Å². The molecule has 0 amide bonds. The third-order valence-corrected chi connectivity index (χ3v) is 8.19. The molecule has 0 aromatic heterocycles. The Hall–Kier alpha value is -1.18. The molecule has 0 saturated heterocycles. The van der Waals surface area contributed by atoms with Crippen LogP contribution >= 0.6 is 0 Å². The summed E-state index contributed by atoms with van der Waals surface area (Å²) in [6, 6.07) is 0. The first-order chi connectivity index (χ1) is 14.5. The number of ether oxygens (including phenoxy) is 1. The van der Waals surface area contributed by atoms with Crippen molar-refractivity contribution in [1.29, 1.82) is 0 Å². The van der Waals surface area contributed by atoms with Gasteiger partial charge in [0.05, 0.1) is 0 Å². The number of benzene rings is 1. The van der Waals surface area contributed by atoms with Crippen LogP contribution in [-0.4, -0.2) is 10.7 Å². The van der Waals surface area contributed by atoms with Gasteiger partial charge < -0.3 is 9.84 Å². The normalized spacial score (nSPS) is 22.5. The first-order valence-corrected chi connectivity index (χ1v) is 13.0. The lowest BCUT2D eigenvalue weighted by Crippen LogP contribution is -2.33. The van der Waals surface area contributed by atoms with Crippen molar-refractivity contribution in [2.45, 2.75) is 132 Å². The lowest BCUT2D eigenvalue weighted by Gasteiger charge is -2.29. The van der Waals surface area contributed by atoms with E-state index in [0.29, 0.717) is 11.7 Å². The summed E-state index contributed by atoms with van der Waals surface area (Å²) < 4.78 is 6.59. The molecule has 31 heavy (non-hydrogen) atoms. The minimum atomic E-state index is -0.164. The molecule has 2 heteroatoms. The smallest absolute Gasteiger partial charge is 0.127 e. The molecule has 2 rings (SSSR count). The van der Waals surface area contributed by atoms with E-state index in [1.165, 1.54) is 56.9 Å². The Kier molecular flexibility index (Phi) is 9.34. The number of hydrogen-bond acceptors (Lipinski definition) is 2. The van der Waals surface area contributed by atoms with Gasteiger partial charge in [0.2, 0.25) is 0 Å². The van der Waals surface area contributed by atoms with Crippen molar-refractivity contribution in [3.05, 3.63) is 22.3 Å². The maximum absolute atomic E-state index is 10.5. The van der Waals surface area contributed by atoms with Crippen LogP contribution in [0.2, 0.25) is 0 Å². The number of aromatic hydroxyl groups is 1. The Labute approximate surface area is 193 Å². The molecule has 1 aliphatic heterocycles. The van der Waals surface area contributed by atoms with E-state index >= 15 is 0 Å². The Morgan fingerprint density at radius 1 is 0.806 bits per heavy atom. The Balaban J connectivity index is 1.78. The van der Waals surface area contributed by atoms with Gasteiger partial charge in [-0.1, -0.05) is 79.6 Å². The van der Waals surface area contributed by atoms with Gasteiger partial charge in [0.1, 0.15) is 17.1 Å². The van der Waals surface area contributed by atoms with Crippen molar-refractivity contribution in [2.75, 3.05) is 0 Å². The molecule has 1 aromatic carbocycles. The molecule has 0 fully saturated rings. The van der Waals surface area contributed by atoms with Crippen LogP contribution in [0.1, 0.15) is 128 Å². The van der Waals surface area contributed by atoms with Crippen LogP contribution in [0.15, 0.2) is 0 Å². The molecule has 0 aliphatic carbocycles. The molecule has 0 unspecified atom stereocenters. The van der Waals surface area contributed by atoms with Crippen LogP contribution in [0.3, 0.4) is 0 Å². The van der Waals surface area contributed by atoms with Gasteiger partial charge in [0.25, 0.3) is 0 Å². The highest BCUT2D eigenvalue weighted by molar-refractivity contribution is 5.61. The molecule has 0 spiro atoms. The molecule has 1 N–H and O–H groups in total. The van der Waals surface area contributed by atoms with Crippen molar-refractivity contribution in [2.24, 2.45) is 17.8 Å². The zero-order valence-electron chi connectivity index (χ0n) is 22.0. The summed E-state index contributed by atoms with van der Waals surface area (Å²) in [7, 11) is 0. The Morgan fingerprint density at radius 2 is 1.32 bits per heavy atom. The van der Waals surface area contributed by atoms with Gasteiger partial charge in [-0.25, -0.2) is 0 Å². The number of fused-ring (bicyclic) bond motifs is 1. The second-order valence-corrected chi connectivity index (χ2v) is 11.5. The average molecular weight is 431 g/mol. The SMILES string of the molecule is Cc1c(C)c2c(c(C)c1O)[C@H](C)[C@](C)(CCC[C@@H](C)CCC[C@@H](C)CCCC(C)C)O2. The second kappa shape index (κ2) is 11.1. The van der Waals surface area contributed by atoms with Gasteiger partial charge in [-0.3, -0.25) is 0 Å². The highest BCUT2D eigenvalue weighted by Crippen LogP contribution is 2.52. The van der Waals surface area contributed by atoms with Gasteiger partial charge in [-0.15, -0.1) is 0 Å². The molecule has 2 nitrogen and oxygen atoms in total. The topological polar surface area (TPSA) is 29.5 Å². The van der Waals surface area contributed by atoms with E-state index in [9.17, 15) is 5.11 Å². The van der Waals surface area contributed by atoms with Crippen LogP contribution in [0.4, 0.5) is 0 Å². The first kappa shape index (κ1) is 26.1. The van der Waals surface area contributed by atoms with E-state index in [1.54, 1.807) is 0 Å². The summed E-state index contributed by atoms with van der Waals surface area (Å²) in [5.74, 6) is 4.30.